The fourth-order valence-electron chi connectivity index (χ4n) is 1.72. The van der Waals surface area contributed by atoms with Gasteiger partial charge in [-0.25, -0.2) is 9.97 Å². The van der Waals surface area contributed by atoms with Gasteiger partial charge in [-0.2, -0.15) is 13.2 Å². The molecule has 2 aromatic heterocycles. The van der Waals surface area contributed by atoms with Crippen LogP contribution < -0.4 is 15.8 Å². The Morgan fingerprint density at radius 3 is 2.73 bits per heavy atom. The predicted octanol–water partition coefficient (Wildman–Crippen LogP) is 2.75. The molecule has 0 atom stereocenters. The highest BCUT2D eigenvalue weighted by Gasteiger charge is 2.28. The number of carbonyl (C=O) groups excluding carboxylic acids is 1. The van der Waals surface area contributed by atoms with Gasteiger partial charge in [-0.1, -0.05) is 0 Å². The second kappa shape index (κ2) is 11.2. The first-order chi connectivity index (χ1) is 11.4. The van der Waals surface area contributed by atoms with Crippen LogP contribution in [0, 0.1) is 0 Å². The molecule has 146 valence electrons. The summed E-state index contributed by atoms with van der Waals surface area (Å²) >= 11 is 1.35. The summed E-state index contributed by atoms with van der Waals surface area (Å²) in [5, 5.41) is 5.04. The van der Waals surface area contributed by atoms with E-state index in [1.807, 2.05) is 0 Å². The molecule has 2 aromatic rings. The fraction of sp³-hybridized carbons (Fsp3) is 0.357. The van der Waals surface area contributed by atoms with Gasteiger partial charge in [-0.05, 0) is 18.2 Å². The third-order valence-electron chi connectivity index (χ3n) is 2.78. The number of hydrogen-bond acceptors (Lipinski definition) is 6. The number of rotatable bonds is 7. The van der Waals surface area contributed by atoms with Gasteiger partial charge in [0, 0.05) is 30.6 Å². The minimum absolute atomic E-state index is 0. The zero-order chi connectivity index (χ0) is 17.6. The zero-order valence-electron chi connectivity index (χ0n) is 13.3. The molecule has 0 aliphatic rings. The first-order valence-corrected chi connectivity index (χ1v) is 7.82. The average Bonchev–Trinajstić information content (AvgIpc) is 2.99. The molecule has 0 bridgehead atoms. The van der Waals surface area contributed by atoms with Crippen molar-refractivity contribution in [3.05, 3.63) is 40.0 Å². The molecule has 3 N–H and O–H groups in total. The monoisotopic (exact) mass is 432 g/mol. The number of pyridine rings is 1. The van der Waals surface area contributed by atoms with Crippen LogP contribution in [-0.2, 0) is 13.0 Å². The first kappa shape index (κ1) is 24.4. The quantitative estimate of drug-likeness (QED) is 0.701. The maximum absolute atomic E-state index is 12.1. The molecule has 6 nitrogen and oxygen atoms in total. The molecule has 0 aromatic carbocycles. The summed E-state index contributed by atoms with van der Waals surface area (Å²) in [5.74, 6) is -0.526. The summed E-state index contributed by atoms with van der Waals surface area (Å²) in [7, 11) is 0. The van der Waals surface area contributed by atoms with Crippen molar-refractivity contribution in [1.82, 2.24) is 15.3 Å². The van der Waals surface area contributed by atoms with Gasteiger partial charge >= 0.3 is 6.18 Å². The van der Waals surface area contributed by atoms with Gasteiger partial charge in [0.05, 0.1) is 5.01 Å². The lowest BCUT2D eigenvalue weighted by Gasteiger charge is -2.09. The van der Waals surface area contributed by atoms with Gasteiger partial charge in [0.25, 0.3) is 5.91 Å². The molecule has 2 heterocycles. The van der Waals surface area contributed by atoms with E-state index in [-0.39, 0.29) is 48.8 Å². The molecule has 0 radical (unpaired) electrons. The number of nitrogens with two attached hydrogens (primary N) is 1. The van der Waals surface area contributed by atoms with Crippen LogP contribution in [0.15, 0.2) is 23.7 Å². The van der Waals surface area contributed by atoms with E-state index in [9.17, 15) is 18.0 Å². The molecule has 0 saturated heterocycles. The second-order valence-electron chi connectivity index (χ2n) is 4.75. The Labute approximate surface area is 164 Å². The van der Waals surface area contributed by atoms with Crippen molar-refractivity contribution in [3.8, 4) is 5.88 Å². The highest BCUT2D eigenvalue weighted by atomic mass is 35.5. The largest absolute Gasteiger partial charge is 0.468 e. The highest BCUT2D eigenvalue weighted by molar-refractivity contribution is 7.09. The summed E-state index contributed by atoms with van der Waals surface area (Å²) in [6.45, 7) is -0.849. The SMILES string of the molecule is Cl.Cl.NCCc1nc(C(=O)NCc2ccnc(OCC(F)(F)F)c2)cs1. The molecule has 0 fully saturated rings. The number of ether oxygens (including phenoxy) is 1. The van der Waals surface area contributed by atoms with Crippen LogP contribution in [0.5, 0.6) is 5.88 Å². The Morgan fingerprint density at radius 2 is 2.08 bits per heavy atom. The number of amides is 1. The molecule has 0 aliphatic heterocycles. The predicted molar refractivity (Wildman–Crippen MR) is 96.3 cm³/mol. The summed E-state index contributed by atoms with van der Waals surface area (Å²) in [6.07, 6.45) is -2.52. The smallest absolute Gasteiger partial charge is 0.422 e. The standard InChI is InChI=1S/C14H15F3N4O2S.2ClH/c15-14(16,17)8-23-11-5-9(2-4-19-11)6-20-13(22)10-7-24-12(21-10)1-3-18;;/h2,4-5,7H,1,3,6,8,18H2,(H,20,22);2*1H. The Balaban J connectivity index is 0.00000312. The number of nitrogens with one attached hydrogen (secondary N) is 1. The van der Waals surface area contributed by atoms with Gasteiger partial charge in [-0.3, -0.25) is 4.79 Å². The normalized spacial score (nSPS) is 10.5. The van der Waals surface area contributed by atoms with E-state index < -0.39 is 12.8 Å². The average molecular weight is 433 g/mol. The van der Waals surface area contributed by atoms with E-state index in [0.29, 0.717) is 18.5 Å². The highest BCUT2D eigenvalue weighted by Crippen LogP contribution is 2.17. The van der Waals surface area contributed by atoms with Crippen LogP contribution in [0.4, 0.5) is 13.2 Å². The molecule has 0 saturated carbocycles. The van der Waals surface area contributed by atoms with E-state index in [1.54, 1.807) is 11.4 Å². The van der Waals surface area contributed by atoms with Crippen LogP contribution in [0.1, 0.15) is 21.1 Å². The Kier molecular flexibility index (Phi) is 10.5. The van der Waals surface area contributed by atoms with Crippen LogP contribution in [0.25, 0.3) is 0 Å². The number of thiazole rings is 1. The Hall–Kier alpha value is -1.62. The molecule has 2 rings (SSSR count). The summed E-state index contributed by atoms with van der Waals surface area (Å²) in [4.78, 5) is 19.8. The lowest BCUT2D eigenvalue weighted by molar-refractivity contribution is -0.154. The van der Waals surface area contributed by atoms with Gasteiger partial charge in [0.2, 0.25) is 5.88 Å². The minimum atomic E-state index is -4.43. The van der Waals surface area contributed by atoms with Crippen molar-refractivity contribution < 1.29 is 22.7 Å². The van der Waals surface area contributed by atoms with Crippen molar-refractivity contribution in [2.75, 3.05) is 13.2 Å². The molecular weight excluding hydrogens is 416 g/mol. The lowest BCUT2D eigenvalue weighted by Crippen LogP contribution is -2.23. The number of aromatic nitrogens is 2. The van der Waals surface area contributed by atoms with Gasteiger partial charge < -0.3 is 15.8 Å². The van der Waals surface area contributed by atoms with Crippen LogP contribution in [-0.4, -0.2) is 35.2 Å². The number of hydrogen-bond donors (Lipinski definition) is 2. The summed E-state index contributed by atoms with van der Waals surface area (Å²) < 4.78 is 40.9. The van der Waals surface area contributed by atoms with Crippen LogP contribution in [0.3, 0.4) is 0 Å². The minimum Gasteiger partial charge on any atom is -0.468 e. The maximum atomic E-state index is 12.1. The lowest BCUT2D eigenvalue weighted by atomic mass is 10.2. The molecule has 26 heavy (non-hydrogen) atoms. The zero-order valence-corrected chi connectivity index (χ0v) is 15.7. The first-order valence-electron chi connectivity index (χ1n) is 6.94. The van der Waals surface area contributed by atoms with E-state index in [0.717, 1.165) is 5.01 Å². The molecule has 1 amide bonds. The molecule has 12 heteroatoms. The van der Waals surface area contributed by atoms with E-state index >= 15 is 0 Å². The maximum Gasteiger partial charge on any atom is 0.422 e. The van der Waals surface area contributed by atoms with E-state index in [2.05, 4.69) is 20.0 Å². The molecule has 0 unspecified atom stereocenters. The third-order valence-corrected chi connectivity index (χ3v) is 3.69. The van der Waals surface area contributed by atoms with Crippen molar-refractivity contribution in [3.63, 3.8) is 0 Å². The Bertz CT molecular complexity index is 701. The van der Waals surface area contributed by atoms with Crippen LogP contribution >= 0.6 is 36.2 Å². The van der Waals surface area contributed by atoms with Gasteiger partial charge in [0.1, 0.15) is 5.69 Å². The number of nitrogens with zero attached hydrogens (tertiary/aromatic N) is 2. The van der Waals surface area contributed by atoms with Crippen LogP contribution in [0.2, 0.25) is 0 Å². The van der Waals surface area contributed by atoms with Crippen molar-refractivity contribution in [2.24, 2.45) is 5.73 Å². The molecular formula is C14H17Cl2F3N4O2S. The van der Waals surface area contributed by atoms with E-state index in [4.69, 9.17) is 5.73 Å². The number of alkyl halides is 3. The van der Waals surface area contributed by atoms with Crippen molar-refractivity contribution >= 4 is 42.1 Å². The van der Waals surface area contributed by atoms with E-state index in [1.165, 1.54) is 23.6 Å². The van der Waals surface area contributed by atoms with Gasteiger partial charge in [0.15, 0.2) is 6.61 Å². The number of carbonyl (C=O) groups is 1. The third kappa shape index (κ3) is 8.17. The van der Waals surface area contributed by atoms with Crippen molar-refractivity contribution in [1.29, 1.82) is 0 Å². The summed E-state index contributed by atoms with van der Waals surface area (Å²) in [5.41, 5.74) is 6.27. The topological polar surface area (TPSA) is 90.1 Å². The molecule has 0 spiro atoms. The van der Waals surface area contributed by atoms with Crippen molar-refractivity contribution in [2.45, 2.75) is 19.1 Å². The number of halogens is 5. The fourth-order valence-corrected chi connectivity index (χ4v) is 2.52. The Morgan fingerprint density at radius 1 is 1.35 bits per heavy atom. The summed E-state index contributed by atoms with van der Waals surface area (Å²) in [6, 6.07) is 2.91. The molecule has 0 aliphatic carbocycles. The second-order valence-corrected chi connectivity index (χ2v) is 5.70. The van der Waals surface area contributed by atoms with Gasteiger partial charge in [-0.15, -0.1) is 36.2 Å².